The lowest BCUT2D eigenvalue weighted by Crippen LogP contribution is -2.24. The third-order valence-corrected chi connectivity index (χ3v) is 6.76. The van der Waals surface area contributed by atoms with Crippen molar-refractivity contribution in [3.63, 3.8) is 0 Å². The van der Waals surface area contributed by atoms with Crippen molar-refractivity contribution in [3.05, 3.63) is 30.3 Å². The minimum atomic E-state index is -5.00. The van der Waals surface area contributed by atoms with Gasteiger partial charge in [-0.3, -0.25) is 9.11 Å². The Balaban J connectivity index is 2.66. The summed E-state index contributed by atoms with van der Waals surface area (Å²) in [6, 6.07) is 5.65. The quantitative estimate of drug-likeness (QED) is 0.466. The Labute approximate surface area is 143 Å². The maximum absolute atomic E-state index is 12.3. The van der Waals surface area contributed by atoms with Gasteiger partial charge in [-0.2, -0.15) is 16.8 Å². The predicted octanol–water partition coefficient (Wildman–Crippen LogP) is 0.608. The number of anilines is 1. The van der Waals surface area contributed by atoms with Crippen LogP contribution in [0, 0.1) is 0 Å². The summed E-state index contributed by atoms with van der Waals surface area (Å²) in [6.45, 7) is 0.903. The summed E-state index contributed by atoms with van der Waals surface area (Å²) in [5, 5.41) is 0.0896. The Morgan fingerprint density at radius 3 is 2.12 bits per heavy atom. The third kappa shape index (κ3) is 4.08. The molecule has 0 spiro atoms. The lowest BCUT2D eigenvalue weighted by molar-refractivity contribution is 0.251. The van der Waals surface area contributed by atoms with E-state index in [0.29, 0.717) is 0 Å². The van der Waals surface area contributed by atoms with Gasteiger partial charge < -0.3 is 5.73 Å². The van der Waals surface area contributed by atoms with Crippen molar-refractivity contribution in [1.29, 1.82) is 0 Å². The lowest BCUT2D eigenvalue weighted by Gasteiger charge is -2.13. The van der Waals surface area contributed by atoms with Gasteiger partial charge in [0, 0.05) is 5.39 Å². The average molecular weight is 411 g/mol. The first-order valence-electron chi connectivity index (χ1n) is 6.43. The van der Waals surface area contributed by atoms with Crippen LogP contribution in [0.1, 0.15) is 6.92 Å². The summed E-state index contributed by atoms with van der Waals surface area (Å²) in [5.74, 6) is 0. The number of benzene rings is 2. The second-order valence-corrected chi connectivity index (χ2v) is 9.61. The summed E-state index contributed by atoms with van der Waals surface area (Å²) in [6.07, 6.45) is 0. The van der Waals surface area contributed by atoms with Crippen molar-refractivity contribution in [3.8, 4) is 0 Å². The molecule has 0 amide bonds. The molecule has 0 aliphatic heterocycles. The summed E-state index contributed by atoms with van der Waals surface area (Å²) >= 11 is 0. The molecule has 0 aliphatic rings. The van der Waals surface area contributed by atoms with Crippen LogP contribution in [0.5, 0.6) is 0 Å². The van der Waals surface area contributed by atoms with Crippen LogP contribution in [-0.2, 0) is 34.5 Å². The van der Waals surface area contributed by atoms with E-state index in [4.69, 9.17) is 10.3 Å². The molecule has 0 saturated carbocycles. The normalized spacial score (nSPS) is 14.5. The zero-order valence-electron chi connectivity index (χ0n) is 12.5. The molecular formula is C12H13NO9S3. The fraction of sp³-hybridized carbons (Fsp3) is 0.167. The van der Waals surface area contributed by atoms with Crippen LogP contribution in [0.3, 0.4) is 0 Å². The fourth-order valence-electron chi connectivity index (χ4n) is 2.18. The van der Waals surface area contributed by atoms with Crippen molar-refractivity contribution in [1.82, 2.24) is 0 Å². The van der Waals surface area contributed by atoms with Gasteiger partial charge in [0.05, 0.1) is 10.6 Å². The Hall–Kier alpha value is -1.77. The van der Waals surface area contributed by atoms with E-state index < -0.39 is 40.7 Å². The van der Waals surface area contributed by atoms with Gasteiger partial charge in [-0.1, -0.05) is 12.1 Å². The van der Waals surface area contributed by atoms with Gasteiger partial charge in [-0.25, -0.2) is 12.6 Å². The van der Waals surface area contributed by atoms with E-state index in [1.807, 2.05) is 0 Å². The van der Waals surface area contributed by atoms with Gasteiger partial charge in [0.15, 0.2) is 5.44 Å². The monoisotopic (exact) mass is 411 g/mol. The Morgan fingerprint density at radius 1 is 1.00 bits per heavy atom. The predicted molar refractivity (Wildman–Crippen MR) is 87.5 cm³/mol. The standard InChI is InChI=1S/C12H13NO9S3/c1-7(22-25(19,20)21)23(14,15)9-3-4-10-8(6-9)2-5-11(13)12(10)24(16,17)18/h2-7H,13H2,1H3,(H,16,17,18)(H,19,20,21). The van der Waals surface area contributed by atoms with Gasteiger partial charge in [0.25, 0.3) is 10.1 Å². The lowest BCUT2D eigenvalue weighted by atomic mass is 10.1. The summed E-state index contributed by atoms with van der Waals surface area (Å²) in [7, 11) is -14.0. The van der Waals surface area contributed by atoms with Crippen molar-refractivity contribution < 1.29 is 38.5 Å². The van der Waals surface area contributed by atoms with Gasteiger partial charge in [0.2, 0.25) is 9.84 Å². The Morgan fingerprint density at radius 2 is 1.60 bits per heavy atom. The molecule has 0 aliphatic carbocycles. The molecule has 2 rings (SSSR count). The van der Waals surface area contributed by atoms with Crippen LogP contribution < -0.4 is 5.73 Å². The Bertz CT molecular complexity index is 1150. The number of sulfone groups is 1. The minimum Gasteiger partial charge on any atom is -0.398 e. The first kappa shape index (κ1) is 19.6. The zero-order valence-corrected chi connectivity index (χ0v) is 15.0. The van der Waals surface area contributed by atoms with Crippen LogP contribution in [0.4, 0.5) is 5.69 Å². The van der Waals surface area contributed by atoms with E-state index in [-0.39, 0.29) is 21.4 Å². The first-order valence-corrected chi connectivity index (χ1v) is 10.8. The molecule has 2 aromatic rings. The smallest absolute Gasteiger partial charge is 0.398 e. The topological polar surface area (TPSA) is 178 Å². The van der Waals surface area contributed by atoms with Gasteiger partial charge >= 0.3 is 10.4 Å². The number of hydrogen-bond donors (Lipinski definition) is 3. The van der Waals surface area contributed by atoms with Crippen LogP contribution in [-0.4, -0.2) is 39.8 Å². The summed E-state index contributed by atoms with van der Waals surface area (Å²) in [4.78, 5) is -0.960. The van der Waals surface area contributed by atoms with Crippen molar-refractivity contribution in [2.45, 2.75) is 22.2 Å². The number of nitrogen functional groups attached to an aromatic ring is 1. The molecule has 1 atom stereocenters. The molecule has 4 N–H and O–H groups in total. The zero-order chi connectivity index (χ0) is 19.2. The number of rotatable bonds is 5. The number of hydrogen-bond acceptors (Lipinski definition) is 8. The highest BCUT2D eigenvalue weighted by Gasteiger charge is 2.29. The van der Waals surface area contributed by atoms with E-state index in [2.05, 4.69) is 4.18 Å². The second kappa shape index (κ2) is 6.19. The molecule has 138 valence electrons. The number of fused-ring (bicyclic) bond motifs is 1. The highest BCUT2D eigenvalue weighted by molar-refractivity contribution is 7.92. The van der Waals surface area contributed by atoms with Crippen LogP contribution in [0.15, 0.2) is 40.1 Å². The van der Waals surface area contributed by atoms with E-state index in [1.165, 1.54) is 12.1 Å². The van der Waals surface area contributed by atoms with Crippen molar-refractivity contribution in [2.24, 2.45) is 0 Å². The first-order chi connectivity index (χ1) is 11.2. The molecule has 0 aromatic heterocycles. The van der Waals surface area contributed by atoms with E-state index in [0.717, 1.165) is 25.1 Å². The van der Waals surface area contributed by atoms with Crippen LogP contribution >= 0.6 is 0 Å². The van der Waals surface area contributed by atoms with Gasteiger partial charge in [0.1, 0.15) is 4.90 Å². The van der Waals surface area contributed by atoms with Crippen LogP contribution in [0.2, 0.25) is 0 Å². The largest absolute Gasteiger partial charge is 0.398 e. The van der Waals surface area contributed by atoms with E-state index in [1.54, 1.807) is 0 Å². The highest BCUT2D eigenvalue weighted by atomic mass is 32.3. The molecule has 10 nitrogen and oxygen atoms in total. The molecule has 0 heterocycles. The van der Waals surface area contributed by atoms with E-state index >= 15 is 0 Å². The molecule has 0 bridgehead atoms. The molecule has 25 heavy (non-hydrogen) atoms. The summed E-state index contributed by atoms with van der Waals surface area (Å²) in [5.41, 5.74) is 3.39. The van der Waals surface area contributed by atoms with Crippen molar-refractivity contribution >= 4 is 46.8 Å². The molecule has 0 fully saturated rings. The van der Waals surface area contributed by atoms with E-state index in [9.17, 15) is 29.8 Å². The van der Waals surface area contributed by atoms with Gasteiger partial charge in [-0.05, 0) is 30.5 Å². The van der Waals surface area contributed by atoms with Crippen molar-refractivity contribution in [2.75, 3.05) is 5.73 Å². The van der Waals surface area contributed by atoms with Crippen LogP contribution in [0.25, 0.3) is 10.8 Å². The maximum Gasteiger partial charge on any atom is 0.398 e. The molecule has 13 heteroatoms. The average Bonchev–Trinajstić information content (AvgIpc) is 2.43. The molecular weight excluding hydrogens is 398 g/mol. The number of nitrogens with two attached hydrogens (primary N) is 1. The molecule has 2 aromatic carbocycles. The minimum absolute atomic E-state index is 0.0233. The third-order valence-electron chi connectivity index (χ3n) is 3.25. The maximum atomic E-state index is 12.3. The molecule has 0 saturated heterocycles. The highest BCUT2D eigenvalue weighted by Crippen LogP contribution is 2.31. The fourth-order valence-corrected chi connectivity index (χ4v) is 4.99. The molecule has 0 radical (unpaired) electrons. The molecule has 1 unspecified atom stereocenters. The second-order valence-electron chi connectivity index (χ2n) is 4.98. The SMILES string of the molecule is CC(OS(=O)(=O)O)S(=O)(=O)c1ccc2c(S(=O)(=O)O)c(N)ccc2c1. The summed E-state index contributed by atoms with van der Waals surface area (Å²) < 4.78 is 90.8. The Kier molecular flexibility index (Phi) is 4.84. The van der Waals surface area contributed by atoms with Gasteiger partial charge in [-0.15, -0.1) is 0 Å².